The van der Waals surface area contributed by atoms with Gasteiger partial charge in [-0.25, -0.2) is 0 Å². The number of nitrogens with one attached hydrogen (secondary N) is 1. The van der Waals surface area contributed by atoms with Crippen LogP contribution in [0.1, 0.15) is 16.9 Å². The second kappa shape index (κ2) is 7.94. The third kappa shape index (κ3) is 4.45. The Morgan fingerprint density at radius 1 is 1.08 bits per heavy atom. The van der Waals surface area contributed by atoms with Gasteiger partial charge in [0.05, 0.1) is 0 Å². The zero-order chi connectivity index (χ0) is 18.7. The standard InChI is InChI=1S/C21H17BrClNO2/c1-13-3-4-15(12-19(13)23)20-9-6-17(26-20)7-10-21(25)24-16-5-8-18(22)14(2)11-16/h3-12H,1-2H3,(H,24,25)/b10-7+. The Morgan fingerprint density at radius 3 is 2.62 bits per heavy atom. The van der Waals surface area contributed by atoms with E-state index in [0.29, 0.717) is 16.5 Å². The molecule has 1 heterocycles. The minimum atomic E-state index is -0.219. The summed E-state index contributed by atoms with van der Waals surface area (Å²) in [6.45, 7) is 3.92. The highest BCUT2D eigenvalue weighted by atomic mass is 79.9. The molecule has 0 bridgehead atoms. The molecule has 132 valence electrons. The fraction of sp³-hybridized carbons (Fsp3) is 0.0952. The first-order valence-electron chi connectivity index (χ1n) is 8.04. The van der Waals surface area contributed by atoms with Crippen molar-refractivity contribution in [2.24, 2.45) is 0 Å². The van der Waals surface area contributed by atoms with E-state index in [9.17, 15) is 4.79 Å². The Bertz CT molecular complexity index is 991. The van der Waals surface area contributed by atoms with E-state index >= 15 is 0 Å². The Balaban J connectivity index is 1.68. The highest BCUT2D eigenvalue weighted by Crippen LogP contribution is 2.27. The number of hydrogen-bond donors (Lipinski definition) is 1. The molecule has 3 rings (SSSR count). The number of rotatable bonds is 4. The van der Waals surface area contributed by atoms with Gasteiger partial charge in [0.1, 0.15) is 11.5 Å². The molecule has 0 radical (unpaired) electrons. The summed E-state index contributed by atoms with van der Waals surface area (Å²) < 4.78 is 6.77. The number of benzene rings is 2. The van der Waals surface area contributed by atoms with Gasteiger partial charge in [0, 0.05) is 26.8 Å². The largest absolute Gasteiger partial charge is 0.457 e. The predicted molar refractivity (Wildman–Crippen MR) is 110 cm³/mol. The average Bonchev–Trinajstić information content (AvgIpc) is 3.08. The molecule has 0 unspecified atom stereocenters. The van der Waals surface area contributed by atoms with E-state index in [1.165, 1.54) is 6.08 Å². The van der Waals surface area contributed by atoms with E-state index in [1.807, 2.05) is 62.4 Å². The maximum Gasteiger partial charge on any atom is 0.248 e. The summed E-state index contributed by atoms with van der Waals surface area (Å²) in [4.78, 5) is 12.1. The molecule has 2 aromatic carbocycles. The molecule has 3 nitrogen and oxygen atoms in total. The first kappa shape index (κ1) is 18.5. The van der Waals surface area contributed by atoms with E-state index in [-0.39, 0.29) is 5.91 Å². The number of carbonyl (C=O) groups is 1. The third-order valence-electron chi connectivity index (χ3n) is 3.91. The first-order valence-corrected chi connectivity index (χ1v) is 9.21. The summed E-state index contributed by atoms with van der Waals surface area (Å²) in [6, 6.07) is 15.1. The Morgan fingerprint density at radius 2 is 1.88 bits per heavy atom. The average molecular weight is 431 g/mol. The lowest BCUT2D eigenvalue weighted by Crippen LogP contribution is -2.07. The molecule has 26 heavy (non-hydrogen) atoms. The molecule has 3 aromatic rings. The monoisotopic (exact) mass is 429 g/mol. The molecule has 1 amide bonds. The maximum atomic E-state index is 12.1. The zero-order valence-electron chi connectivity index (χ0n) is 14.3. The van der Waals surface area contributed by atoms with E-state index < -0.39 is 0 Å². The summed E-state index contributed by atoms with van der Waals surface area (Å²) in [5.74, 6) is 1.08. The highest BCUT2D eigenvalue weighted by Gasteiger charge is 2.06. The first-order chi connectivity index (χ1) is 12.4. The second-order valence-corrected chi connectivity index (χ2v) is 7.21. The lowest BCUT2D eigenvalue weighted by Gasteiger charge is -2.04. The summed E-state index contributed by atoms with van der Waals surface area (Å²) in [5, 5.41) is 3.52. The van der Waals surface area contributed by atoms with Crippen molar-refractivity contribution in [3.63, 3.8) is 0 Å². The summed E-state index contributed by atoms with van der Waals surface area (Å²) in [7, 11) is 0. The lowest BCUT2D eigenvalue weighted by atomic mass is 10.1. The fourth-order valence-electron chi connectivity index (χ4n) is 2.41. The number of aryl methyl sites for hydroxylation is 2. The van der Waals surface area contributed by atoms with E-state index in [0.717, 1.165) is 26.9 Å². The van der Waals surface area contributed by atoms with Crippen LogP contribution in [0.2, 0.25) is 5.02 Å². The molecule has 0 aliphatic rings. The van der Waals surface area contributed by atoms with Gasteiger partial charge in [-0.1, -0.05) is 39.7 Å². The highest BCUT2D eigenvalue weighted by molar-refractivity contribution is 9.10. The van der Waals surface area contributed by atoms with Crippen molar-refractivity contribution < 1.29 is 9.21 Å². The lowest BCUT2D eigenvalue weighted by molar-refractivity contribution is -0.111. The van der Waals surface area contributed by atoms with Gasteiger partial charge in [0.2, 0.25) is 5.91 Å². The molecule has 0 aliphatic heterocycles. The fourth-order valence-corrected chi connectivity index (χ4v) is 2.84. The van der Waals surface area contributed by atoms with Crippen LogP contribution in [-0.2, 0) is 4.79 Å². The Hall–Kier alpha value is -2.30. The molecular weight excluding hydrogens is 414 g/mol. The van der Waals surface area contributed by atoms with Crippen LogP contribution in [0.25, 0.3) is 17.4 Å². The van der Waals surface area contributed by atoms with Crippen LogP contribution < -0.4 is 5.32 Å². The van der Waals surface area contributed by atoms with Gasteiger partial charge in [-0.2, -0.15) is 0 Å². The number of furan rings is 1. The van der Waals surface area contributed by atoms with Crippen molar-refractivity contribution in [1.82, 2.24) is 0 Å². The molecular formula is C21H17BrClNO2. The van der Waals surface area contributed by atoms with Crippen LogP contribution in [0.3, 0.4) is 0 Å². The number of anilines is 1. The van der Waals surface area contributed by atoms with Crippen LogP contribution in [-0.4, -0.2) is 5.91 Å². The normalized spacial score (nSPS) is 11.1. The van der Waals surface area contributed by atoms with Crippen LogP contribution in [0, 0.1) is 13.8 Å². The van der Waals surface area contributed by atoms with Crippen molar-refractivity contribution >= 4 is 45.2 Å². The van der Waals surface area contributed by atoms with Gasteiger partial charge in [-0.05, 0) is 67.4 Å². The van der Waals surface area contributed by atoms with Gasteiger partial charge in [-0.3, -0.25) is 4.79 Å². The van der Waals surface area contributed by atoms with Gasteiger partial charge >= 0.3 is 0 Å². The van der Waals surface area contributed by atoms with Crippen LogP contribution in [0.5, 0.6) is 0 Å². The molecule has 0 saturated carbocycles. The van der Waals surface area contributed by atoms with Crippen LogP contribution in [0.4, 0.5) is 5.69 Å². The number of carbonyl (C=O) groups excluding carboxylic acids is 1. The van der Waals surface area contributed by atoms with Gasteiger partial charge in [0.15, 0.2) is 0 Å². The van der Waals surface area contributed by atoms with Gasteiger partial charge in [-0.15, -0.1) is 0 Å². The maximum absolute atomic E-state index is 12.1. The molecule has 0 aliphatic carbocycles. The minimum Gasteiger partial charge on any atom is -0.457 e. The molecule has 0 fully saturated rings. The van der Waals surface area contributed by atoms with Crippen LogP contribution in [0.15, 0.2) is 63.5 Å². The van der Waals surface area contributed by atoms with Gasteiger partial charge < -0.3 is 9.73 Å². The molecule has 1 N–H and O–H groups in total. The van der Waals surface area contributed by atoms with Crippen LogP contribution >= 0.6 is 27.5 Å². The van der Waals surface area contributed by atoms with E-state index in [2.05, 4.69) is 21.2 Å². The smallest absolute Gasteiger partial charge is 0.248 e. The second-order valence-electron chi connectivity index (χ2n) is 5.95. The van der Waals surface area contributed by atoms with Crippen molar-refractivity contribution in [2.45, 2.75) is 13.8 Å². The Labute approximate surface area is 165 Å². The summed E-state index contributed by atoms with van der Waals surface area (Å²) in [6.07, 6.45) is 3.09. The SMILES string of the molecule is Cc1ccc(-c2ccc(/C=C/C(=O)Nc3ccc(Br)c(C)c3)o2)cc1Cl. The molecule has 0 saturated heterocycles. The number of amides is 1. The number of halogens is 2. The van der Waals surface area contributed by atoms with Gasteiger partial charge in [0.25, 0.3) is 0 Å². The quantitative estimate of drug-likeness (QED) is 0.472. The molecule has 5 heteroatoms. The summed E-state index contributed by atoms with van der Waals surface area (Å²) in [5.41, 5.74) is 3.71. The van der Waals surface area contributed by atoms with E-state index in [1.54, 1.807) is 6.08 Å². The molecule has 0 atom stereocenters. The topological polar surface area (TPSA) is 42.2 Å². The molecule has 0 spiro atoms. The zero-order valence-corrected chi connectivity index (χ0v) is 16.7. The van der Waals surface area contributed by atoms with Crippen molar-refractivity contribution in [3.05, 3.63) is 81.0 Å². The van der Waals surface area contributed by atoms with E-state index in [4.69, 9.17) is 16.0 Å². The molecule has 1 aromatic heterocycles. The summed E-state index contributed by atoms with van der Waals surface area (Å²) >= 11 is 9.60. The predicted octanol–water partition coefficient (Wildman–Crippen LogP) is 6.63. The third-order valence-corrected chi connectivity index (χ3v) is 5.20. The number of hydrogen-bond acceptors (Lipinski definition) is 2. The Kier molecular flexibility index (Phi) is 5.64. The van der Waals surface area contributed by atoms with Crippen molar-refractivity contribution in [1.29, 1.82) is 0 Å². The minimum absolute atomic E-state index is 0.219. The van der Waals surface area contributed by atoms with Crippen molar-refractivity contribution in [3.8, 4) is 11.3 Å². The van der Waals surface area contributed by atoms with Crippen molar-refractivity contribution in [2.75, 3.05) is 5.32 Å².